The molecule has 0 saturated carbocycles. The highest BCUT2D eigenvalue weighted by Gasteiger charge is 2.18. The van der Waals surface area contributed by atoms with Gasteiger partial charge in [-0.05, 0) is 29.5 Å². The Hall–Kier alpha value is -3.62. The Morgan fingerprint density at radius 1 is 0.783 bits per heavy atom. The van der Waals surface area contributed by atoms with Crippen LogP contribution in [0.1, 0.15) is 0 Å². The van der Waals surface area contributed by atoms with Crippen LogP contribution in [0.15, 0.2) is 53.4 Å². The maximum atomic E-state index is 5.00. The highest BCUT2D eigenvalue weighted by molar-refractivity contribution is 5.73. The molecule has 0 aliphatic rings. The first-order valence-corrected chi connectivity index (χ1v) is 6.64. The Labute approximate surface area is 129 Å². The van der Waals surface area contributed by atoms with Gasteiger partial charge in [0.25, 0.3) is 5.89 Å². The van der Waals surface area contributed by atoms with Gasteiger partial charge in [-0.25, -0.2) is 9.97 Å². The fourth-order valence-electron chi connectivity index (χ4n) is 2.01. The number of hydrogen-bond acceptors (Lipinski definition) is 9. The highest BCUT2D eigenvalue weighted by atomic mass is 16.5. The molecule has 4 heterocycles. The SMILES string of the molecule is c1ccc(-c2nc(-c3cccnn3)cnc2-c2nnno2)nc1. The van der Waals surface area contributed by atoms with Crippen LogP contribution in [0.5, 0.6) is 0 Å². The van der Waals surface area contributed by atoms with Gasteiger partial charge in [0, 0.05) is 12.4 Å². The summed E-state index contributed by atoms with van der Waals surface area (Å²) >= 11 is 0. The molecule has 0 aliphatic carbocycles. The summed E-state index contributed by atoms with van der Waals surface area (Å²) in [6.07, 6.45) is 4.83. The van der Waals surface area contributed by atoms with Gasteiger partial charge in [0.05, 0.1) is 17.2 Å². The standard InChI is InChI=1S/C14H8N8O/c1-2-6-15-10(4-1)12-13(14-20-21-22-23-14)16-8-11(18-12)9-5-3-7-17-19-9/h1-8H. The number of hydrogen-bond donors (Lipinski definition) is 0. The molecular weight excluding hydrogens is 296 g/mol. The van der Waals surface area contributed by atoms with E-state index in [2.05, 4.69) is 40.7 Å². The summed E-state index contributed by atoms with van der Waals surface area (Å²) in [4.78, 5) is 13.3. The summed E-state index contributed by atoms with van der Waals surface area (Å²) in [5.41, 5.74) is 2.70. The van der Waals surface area contributed by atoms with Crippen molar-refractivity contribution in [3.05, 3.63) is 48.9 Å². The van der Waals surface area contributed by atoms with Crippen LogP contribution >= 0.6 is 0 Å². The molecule has 0 aliphatic heterocycles. The molecule has 0 unspecified atom stereocenters. The number of nitrogens with zero attached hydrogens (tertiary/aromatic N) is 8. The molecule has 4 aromatic rings. The van der Waals surface area contributed by atoms with E-state index in [0.29, 0.717) is 28.5 Å². The number of pyridine rings is 1. The first kappa shape index (κ1) is 13.1. The van der Waals surface area contributed by atoms with Crippen molar-refractivity contribution in [3.8, 4) is 34.4 Å². The van der Waals surface area contributed by atoms with Gasteiger partial charge in [-0.3, -0.25) is 4.98 Å². The largest absolute Gasteiger partial charge is 0.313 e. The zero-order valence-corrected chi connectivity index (χ0v) is 11.6. The predicted octanol–water partition coefficient (Wildman–Crippen LogP) is 1.44. The molecule has 9 heteroatoms. The van der Waals surface area contributed by atoms with Crippen molar-refractivity contribution < 1.29 is 4.52 Å². The summed E-state index contributed by atoms with van der Waals surface area (Å²) in [6, 6.07) is 9.07. The average Bonchev–Trinajstić information content (AvgIpc) is 3.17. The van der Waals surface area contributed by atoms with Gasteiger partial charge in [-0.1, -0.05) is 11.2 Å². The quantitative estimate of drug-likeness (QED) is 0.554. The van der Waals surface area contributed by atoms with Crippen LogP contribution in [-0.4, -0.2) is 40.7 Å². The monoisotopic (exact) mass is 304 g/mol. The Morgan fingerprint density at radius 3 is 2.48 bits per heavy atom. The maximum Gasteiger partial charge on any atom is 0.299 e. The van der Waals surface area contributed by atoms with E-state index in [1.165, 1.54) is 0 Å². The smallest absolute Gasteiger partial charge is 0.299 e. The van der Waals surface area contributed by atoms with Gasteiger partial charge in [0.2, 0.25) is 0 Å². The van der Waals surface area contributed by atoms with Crippen molar-refractivity contribution in [1.29, 1.82) is 0 Å². The first-order chi connectivity index (χ1) is 11.4. The van der Waals surface area contributed by atoms with Crippen LogP contribution in [0, 0.1) is 0 Å². The maximum absolute atomic E-state index is 5.00. The van der Waals surface area contributed by atoms with E-state index in [9.17, 15) is 0 Å². The summed E-state index contributed by atoms with van der Waals surface area (Å²) in [5.74, 6) is 0.170. The second-order valence-corrected chi connectivity index (χ2v) is 4.44. The van der Waals surface area contributed by atoms with E-state index in [1.807, 2.05) is 18.2 Å². The summed E-state index contributed by atoms with van der Waals surface area (Å²) in [5, 5.41) is 18.5. The molecule has 0 atom stereocenters. The van der Waals surface area contributed by atoms with Gasteiger partial charge in [0.15, 0.2) is 5.69 Å². The molecule has 0 saturated heterocycles. The molecule has 110 valence electrons. The van der Waals surface area contributed by atoms with Gasteiger partial charge >= 0.3 is 0 Å². The van der Waals surface area contributed by atoms with Crippen molar-refractivity contribution in [3.63, 3.8) is 0 Å². The van der Waals surface area contributed by atoms with Gasteiger partial charge in [-0.15, -0.1) is 5.10 Å². The van der Waals surface area contributed by atoms with E-state index in [0.717, 1.165) is 0 Å². The Kier molecular flexibility index (Phi) is 3.20. The van der Waals surface area contributed by atoms with Gasteiger partial charge in [0.1, 0.15) is 17.1 Å². The van der Waals surface area contributed by atoms with Crippen molar-refractivity contribution in [2.24, 2.45) is 0 Å². The van der Waals surface area contributed by atoms with E-state index in [1.54, 1.807) is 30.7 Å². The second kappa shape index (κ2) is 5.64. The van der Waals surface area contributed by atoms with E-state index < -0.39 is 0 Å². The van der Waals surface area contributed by atoms with Crippen molar-refractivity contribution in [2.75, 3.05) is 0 Å². The van der Waals surface area contributed by atoms with Crippen LogP contribution in [0.2, 0.25) is 0 Å². The lowest BCUT2D eigenvalue weighted by atomic mass is 10.2. The summed E-state index contributed by atoms with van der Waals surface area (Å²) in [7, 11) is 0. The molecule has 0 N–H and O–H groups in total. The fraction of sp³-hybridized carbons (Fsp3) is 0. The van der Waals surface area contributed by atoms with Gasteiger partial charge < -0.3 is 4.52 Å². The molecule has 0 fully saturated rings. The normalized spacial score (nSPS) is 10.6. The van der Waals surface area contributed by atoms with E-state index >= 15 is 0 Å². The van der Waals surface area contributed by atoms with Crippen molar-refractivity contribution in [2.45, 2.75) is 0 Å². The predicted molar refractivity (Wildman–Crippen MR) is 77.4 cm³/mol. The molecule has 23 heavy (non-hydrogen) atoms. The lowest BCUT2D eigenvalue weighted by Crippen LogP contribution is -1.98. The zero-order chi connectivity index (χ0) is 15.5. The van der Waals surface area contributed by atoms with Crippen LogP contribution in [0.4, 0.5) is 0 Å². The lowest BCUT2D eigenvalue weighted by molar-refractivity contribution is 0.402. The Bertz CT molecular complexity index is 912. The van der Waals surface area contributed by atoms with Crippen LogP contribution in [0.25, 0.3) is 34.4 Å². The van der Waals surface area contributed by atoms with Gasteiger partial charge in [-0.2, -0.15) is 5.10 Å². The van der Waals surface area contributed by atoms with Crippen LogP contribution in [-0.2, 0) is 0 Å². The summed E-state index contributed by atoms with van der Waals surface area (Å²) < 4.78 is 5.00. The molecule has 9 nitrogen and oxygen atoms in total. The highest BCUT2D eigenvalue weighted by Crippen LogP contribution is 2.27. The second-order valence-electron chi connectivity index (χ2n) is 4.44. The first-order valence-electron chi connectivity index (χ1n) is 6.64. The van der Waals surface area contributed by atoms with E-state index in [-0.39, 0.29) is 5.89 Å². The Balaban J connectivity index is 1.92. The third-order valence-electron chi connectivity index (χ3n) is 3.02. The minimum Gasteiger partial charge on any atom is -0.313 e. The number of aromatic nitrogens is 8. The molecular formula is C14H8N8O. The minimum atomic E-state index is 0.170. The zero-order valence-electron chi connectivity index (χ0n) is 11.6. The molecule has 0 radical (unpaired) electrons. The fourth-order valence-corrected chi connectivity index (χ4v) is 2.01. The molecule has 0 bridgehead atoms. The van der Waals surface area contributed by atoms with Crippen molar-refractivity contribution in [1.82, 2.24) is 40.7 Å². The molecule has 0 spiro atoms. The van der Waals surface area contributed by atoms with E-state index in [4.69, 9.17) is 4.52 Å². The van der Waals surface area contributed by atoms with Crippen molar-refractivity contribution >= 4 is 0 Å². The molecule has 0 amide bonds. The number of rotatable bonds is 3. The third kappa shape index (κ3) is 2.50. The van der Waals surface area contributed by atoms with Crippen LogP contribution < -0.4 is 0 Å². The lowest BCUT2D eigenvalue weighted by Gasteiger charge is -2.06. The Morgan fingerprint density at radius 2 is 1.74 bits per heavy atom. The topological polar surface area (TPSA) is 116 Å². The van der Waals surface area contributed by atoms with Crippen LogP contribution in [0.3, 0.4) is 0 Å². The minimum absolute atomic E-state index is 0.170. The average molecular weight is 304 g/mol. The summed E-state index contributed by atoms with van der Waals surface area (Å²) in [6.45, 7) is 0. The molecule has 4 rings (SSSR count). The molecule has 4 aromatic heterocycles. The third-order valence-corrected chi connectivity index (χ3v) is 3.02. The molecule has 0 aromatic carbocycles.